The summed E-state index contributed by atoms with van der Waals surface area (Å²) in [7, 11) is 0. The van der Waals surface area contributed by atoms with Crippen LogP contribution in [-0.2, 0) is 9.47 Å². The van der Waals surface area contributed by atoms with Crippen LogP contribution < -0.4 is 0 Å². The standard InChI is InChI=1S/C21H44O4/c1-3-5-7-8-9-12-17-25-20-21(18-22,19-23)14-11-10-13-16-24-15-6-4-2/h22-23H,3-20H2,1-2H3. The van der Waals surface area contributed by atoms with E-state index in [1.807, 2.05) is 0 Å². The van der Waals surface area contributed by atoms with Crippen molar-refractivity contribution in [2.45, 2.75) is 90.9 Å². The number of hydrogen-bond acceptors (Lipinski definition) is 4. The third kappa shape index (κ3) is 14.7. The van der Waals surface area contributed by atoms with Crippen LogP contribution in [-0.4, -0.2) is 49.9 Å². The molecule has 0 radical (unpaired) electrons. The van der Waals surface area contributed by atoms with Crippen molar-refractivity contribution in [1.29, 1.82) is 0 Å². The quantitative estimate of drug-likeness (QED) is 0.309. The zero-order valence-electron chi connectivity index (χ0n) is 16.9. The Labute approximate surface area is 156 Å². The SMILES string of the molecule is CCCCCCCCOCC(CO)(CO)CCCCCOCCCC. The minimum Gasteiger partial charge on any atom is -0.396 e. The zero-order valence-corrected chi connectivity index (χ0v) is 16.9. The maximum absolute atomic E-state index is 9.71. The molecule has 0 unspecified atom stereocenters. The van der Waals surface area contributed by atoms with Gasteiger partial charge in [0.05, 0.1) is 19.8 Å². The van der Waals surface area contributed by atoms with Crippen LogP contribution in [0.15, 0.2) is 0 Å². The maximum Gasteiger partial charge on any atom is 0.0566 e. The van der Waals surface area contributed by atoms with Crippen LogP contribution in [0.4, 0.5) is 0 Å². The second-order valence-electron chi connectivity index (χ2n) is 7.41. The molecular formula is C21H44O4. The summed E-state index contributed by atoms with van der Waals surface area (Å²) in [5, 5.41) is 19.4. The van der Waals surface area contributed by atoms with E-state index in [1.54, 1.807) is 0 Å². The third-order valence-electron chi connectivity index (χ3n) is 4.86. The van der Waals surface area contributed by atoms with Gasteiger partial charge in [-0.05, 0) is 25.7 Å². The van der Waals surface area contributed by atoms with Gasteiger partial charge in [-0.15, -0.1) is 0 Å². The van der Waals surface area contributed by atoms with Gasteiger partial charge in [-0.25, -0.2) is 0 Å². The fourth-order valence-electron chi connectivity index (χ4n) is 2.87. The maximum atomic E-state index is 9.71. The van der Waals surface area contributed by atoms with Crippen molar-refractivity contribution in [1.82, 2.24) is 0 Å². The Balaban J connectivity index is 3.70. The molecule has 4 nitrogen and oxygen atoms in total. The molecule has 0 heterocycles. The first-order valence-corrected chi connectivity index (χ1v) is 10.6. The van der Waals surface area contributed by atoms with E-state index in [9.17, 15) is 10.2 Å². The van der Waals surface area contributed by atoms with Crippen molar-refractivity contribution in [2.75, 3.05) is 39.6 Å². The van der Waals surface area contributed by atoms with E-state index in [1.165, 1.54) is 38.5 Å². The lowest BCUT2D eigenvalue weighted by Crippen LogP contribution is -2.35. The molecule has 25 heavy (non-hydrogen) atoms. The summed E-state index contributed by atoms with van der Waals surface area (Å²) in [6, 6.07) is 0. The molecule has 0 amide bonds. The minimum atomic E-state index is -0.481. The average molecular weight is 361 g/mol. The lowest BCUT2D eigenvalue weighted by molar-refractivity contribution is -0.0349. The summed E-state index contributed by atoms with van der Waals surface area (Å²) in [6.07, 6.45) is 13.7. The monoisotopic (exact) mass is 360 g/mol. The Kier molecular flexibility index (Phi) is 18.5. The van der Waals surface area contributed by atoms with Gasteiger partial charge in [0.1, 0.15) is 0 Å². The number of ether oxygens (including phenoxy) is 2. The summed E-state index contributed by atoms with van der Waals surface area (Å²) in [4.78, 5) is 0. The Bertz CT molecular complexity index is 232. The Morgan fingerprint density at radius 1 is 0.600 bits per heavy atom. The topological polar surface area (TPSA) is 58.9 Å². The Morgan fingerprint density at radius 3 is 1.76 bits per heavy atom. The van der Waals surface area contributed by atoms with Crippen LogP contribution in [0.3, 0.4) is 0 Å². The summed E-state index contributed by atoms with van der Waals surface area (Å²) in [6.45, 7) is 7.26. The molecule has 0 aliphatic rings. The lowest BCUT2D eigenvalue weighted by atomic mass is 9.85. The first-order chi connectivity index (χ1) is 12.2. The first-order valence-electron chi connectivity index (χ1n) is 10.6. The van der Waals surface area contributed by atoms with Crippen molar-refractivity contribution < 1.29 is 19.7 Å². The predicted octanol–water partition coefficient (Wildman–Crippen LogP) is 4.71. The van der Waals surface area contributed by atoms with E-state index in [0.717, 1.165) is 58.3 Å². The molecule has 0 aromatic rings. The summed E-state index contributed by atoms with van der Waals surface area (Å²) >= 11 is 0. The number of rotatable bonds is 20. The summed E-state index contributed by atoms with van der Waals surface area (Å²) in [5.74, 6) is 0. The molecule has 0 atom stereocenters. The molecule has 0 fully saturated rings. The fourth-order valence-corrected chi connectivity index (χ4v) is 2.87. The molecule has 0 rings (SSSR count). The molecule has 0 spiro atoms. The van der Waals surface area contributed by atoms with Gasteiger partial charge in [0.15, 0.2) is 0 Å². The van der Waals surface area contributed by atoms with E-state index in [0.29, 0.717) is 6.61 Å². The number of aliphatic hydroxyl groups excluding tert-OH is 2. The highest BCUT2D eigenvalue weighted by Crippen LogP contribution is 2.25. The van der Waals surface area contributed by atoms with Gasteiger partial charge in [-0.3, -0.25) is 0 Å². The first kappa shape index (κ1) is 24.8. The predicted molar refractivity (Wildman–Crippen MR) is 105 cm³/mol. The number of unbranched alkanes of at least 4 members (excludes halogenated alkanes) is 8. The number of hydrogen-bond donors (Lipinski definition) is 2. The second-order valence-corrected chi connectivity index (χ2v) is 7.41. The second kappa shape index (κ2) is 18.6. The van der Waals surface area contributed by atoms with Crippen molar-refractivity contribution >= 4 is 0 Å². The smallest absolute Gasteiger partial charge is 0.0566 e. The van der Waals surface area contributed by atoms with Crippen LogP contribution in [0, 0.1) is 5.41 Å². The van der Waals surface area contributed by atoms with E-state index < -0.39 is 5.41 Å². The fraction of sp³-hybridized carbons (Fsp3) is 1.00. The van der Waals surface area contributed by atoms with Crippen molar-refractivity contribution in [2.24, 2.45) is 5.41 Å². The van der Waals surface area contributed by atoms with Gasteiger partial charge in [0.25, 0.3) is 0 Å². The van der Waals surface area contributed by atoms with E-state index in [2.05, 4.69) is 13.8 Å². The molecule has 0 aromatic heterocycles. The van der Waals surface area contributed by atoms with Crippen molar-refractivity contribution in [3.05, 3.63) is 0 Å². The van der Waals surface area contributed by atoms with Gasteiger partial charge >= 0.3 is 0 Å². The van der Waals surface area contributed by atoms with E-state index >= 15 is 0 Å². The normalized spacial score (nSPS) is 12.0. The molecule has 2 N–H and O–H groups in total. The van der Waals surface area contributed by atoms with Gasteiger partial charge in [0, 0.05) is 25.2 Å². The van der Waals surface area contributed by atoms with Crippen LogP contribution in [0.1, 0.15) is 90.9 Å². The molecular weight excluding hydrogens is 316 g/mol. The highest BCUT2D eigenvalue weighted by molar-refractivity contribution is 4.77. The zero-order chi connectivity index (χ0) is 18.6. The van der Waals surface area contributed by atoms with Crippen molar-refractivity contribution in [3.63, 3.8) is 0 Å². The lowest BCUT2D eigenvalue weighted by Gasteiger charge is -2.29. The van der Waals surface area contributed by atoms with Gasteiger partial charge in [-0.2, -0.15) is 0 Å². The van der Waals surface area contributed by atoms with Crippen LogP contribution in [0.5, 0.6) is 0 Å². The van der Waals surface area contributed by atoms with Crippen molar-refractivity contribution in [3.8, 4) is 0 Å². The third-order valence-corrected chi connectivity index (χ3v) is 4.86. The molecule has 152 valence electrons. The molecule has 0 aliphatic carbocycles. The molecule has 0 saturated heterocycles. The molecule has 0 aromatic carbocycles. The number of aliphatic hydroxyl groups is 2. The van der Waals surface area contributed by atoms with E-state index in [-0.39, 0.29) is 13.2 Å². The van der Waals surface area contributed by atoms with Crippen LogP contribution >= 0.6 is 0 Å². The molecule has 0 saturated carbocycles. The summed E-state index contributed by atoms with van der Waals surface area (Å²) in [5.41, 5.74) is -0.481. The highest BCUT2D eigenvalue weighted by Gasteiger charge is 2.28. The van der Waals surface area contributed by atoms with Gasteiger partial charge in [0.2, 0.25) is 0 Å². The molecule has 0 bridgehead atoms. The van der Waals surface area contributed by atoms with Gasteiger partial charge < -0.3 is 19.7 Å². The largest absolute Gasteiger partial charge is 0.396 e. The summed E-state index contributed by atoms with van der Waals surface area (Å²) < 4.78 is 11.3. The Morgan fingerprint density at radius 2 is 1.12 bits per heavy atom. The average Bonchev–Trinajstić information content (AvgIpc) is 2.64. The highest BCUT2D eigenvalue weighted by atomic mass is 16.5. The molecule has 0 aliphatic heterocycles. The Hall–Kier alpha value is -0.160. The van der Waals surface area contributed by atoms with E-state index in [4.69, 9.17) is 9.47 Å². The minimum absolute atomic E-state index is 0.00694. The van der Waals surface area contributed by atoms with Crippen LogP contribution in [0.25, 0.3) is 0 Å². The molecule has 4 heteroatoms. The van der Waals surface area contributed by atoms with Gasteiger partial charge in [-0.1, -0.05) is 65.2 Å². The van der Waals surface area contributed by atoms with Crippen LogP contribution in [0.2, 0.25) is 0 Å².